The Morgan fingerprint density at radius 1 is 1.00 bits per heavy atom. The van der Waals surface area contributed by atoms with Crippen molar-refractivity contribution in [3.8, 4) is 11.5 Å². The number of carbonyl (C=O) groups is 1. The van der Waals surface area contributed by atoms with Gasteiger partial charge in [0.05, 0.1) is 25.8 Å². The highest BCUT2D eigenvalue weighted by atomic mass is 79.9. The fourth-order valence-corrected chi connectivity index (χ4v) is 3.50. The van der Waals surface area contributed by atoms with Gasteiger partial charge in [0.15, 0.2) is 11.5 Å². The average molecular weight is 455 g/mol. The summed E-state index contributed by atoms with van der Waals surface area (Å²) in [4.78, 5) is 12.4. The summed E-state index contributed by atoms with van der Waals surface area (Å²) in [5, 5.41) is 6.21. The van der Waals surface area contributed by atoms with Gasteiger partial charge in [0.25, 0.3) is 0 Å². The van der Waals surface area contributed by atoms with Crippen molar-refractivity contribution in [2.75, 3.05) is 13.2 Å². The summed E-state index contributed by atoms with van der Waals surface area (Å²) in [6.45, 7) is 4.95. The molecule has 0 aliphatic rings. The maximum Gasteiger partial charge on any atom is 0.244 e. The first-order valence-corrected chi connectivity index (χ1v) is 10.3. The lowest BCUT2D eigenvalue weighted by Gasteiger charge is -2.11. The predicted molar refractivity (Wildman–Crippen MR) is 120 cm³/mol. The zero-order chi connectivity index (χ0) is 20.6. The second kappa shape index (κ2) is 10.1. The Bertz CT molecular complexity index is 1030. The first-order valence-electron chi connectivity index (χ1n) is 9.50. The van der Waals surface area contributed by atoms with Gasteiger partial charge in [0, 0.05) is 4.47 Å². The van der Waals surface area contributed by atoms with E-state index in [4.69, 9.17) is 9.47 Å². The molecule has 1 N–H and O–H groups in total. The Morgan fingerprint density at radius 2 is 1.72 bits per heavy atom. The Hall–Kier alpha value is -2.86. The third kappa shape index (κ3) is 5.35. The number of fused-ring (bicyclic) bond motifs is 1. The zero-order valence-electron chi connectivity index (χ0n) is 16.4. The highest BCUT2D eigenvalue weighted by molar-refractivity contribution is 9.10. The van der Waals surface area contributed by atoms with E-state index in [0.29, 0.717) is 24.7 Å². The minimum absolute atomic E-state index is 0.176. The van der Waals surface area contributed by atoms with Crippen LogP contribution in [0.2, 0.25) is 0 Å². The molecule has 6 heteroatoms. The van der Waals surface area contributed by atoms with Gasteiger partial charge in [-0.15, -0.1) is 0 Å². The van der Waals surface area contributed by atoms with Gasteiger partial charge in [-0.2, -0.15) is 5.10 Å². The van der Waals surface area contributed by atoms with Crippen LogP contribution >= 0.6 is 15.9 Å². The smallest absolute Gasteiger partial charge is 0.244 e. The minimum Gasteiger partial charge on any atom is -0.490 e. The number of rotatable bonds is 8. The minimum atomic E-state index is -0.176. The van der Waals surface area contributed by atoms with Gasteiger partial charge in [-0.3, -0.25) is 4.79 Å². The third-order valence-corrected chi connectivity index (χ3v) is 4.97. The van der Waals surface area contributed by atoms with E-state index in [2.05, 4.69) is 26.5 Å². The summed E-state index contributed by atoms with van der Waals surface area (Å²) in [6, 6.07) is 17.5. The number of nitrogens with zero attached hydrogens (tertiary/aromatic N) is 1. The number of hydrogen-bond acceptors (Lipinski definition) is 4. The van der Waals surface area contributed by atoms with Crippen molar-refractivity contribution in [2.45, 2.75) is 20.3 Å². The molecule has 0 atom stereocenters. The van der Waals surface area contributed by atoms with Crippen molar-refractivity contribution in [2.24, 2.45) is 5.10 Å². The Balaban J connectivity index is 1.67. The standard InChI is InChI=1S/C23H23BrN2O3/c1-3-28-21-12-9-16(13-22(21)29-4-2)15-25-26-23(27)14-17-10-11-20(24)19-8-6-5-7-18(17)19/h5-13,15H,3-4,14H2,1-2H3,(H,26,27). The molecule has 5 nitrogen and oxygen atoms in total. The van der Waals surface area contributed by atoms with Gasteiger partial charge in [-0.25, -0.2) is 5.43 Å². The van der Waals surface area contributed by atoms with Crippen LogP contribution in [0.5, 0.6) is 11.5 Å². The lowest BCUT2D eigenvalue weighted by Crippen LogP contribution is -2.19. The maximum atomic E-state index is 12.4. The summed E-state index contributed by atoms with van der Waals surface area (Å²) in [5.74, 6) is 1.17. The molecule has 0 aliphatic carbocycles. The molecule has 0 unspecified atom stereocenters. The molecule has 3 aromatic carbocycles. The van der Waals surface area contributed by atoms with E-state index in [0.717, 1.165) is 26.4 Å². The van der Waals surface area contributed by atoms with E-state index in [1.807, 2.05) is 68.4 Å². The Morgan fingerprint density at radius 3 is 2.48 bits per heavy atom. The average Bonchev–Trinajstić information content (AvgIpc) is 2.72. The largest absolute Gasteiger partial charge is 0.490 e. The van der Waals surface area contributed by atoms with Crippen molar-refractivity contribution >= 4 is 38.8 Å². The van der Waals surface area contributed by atoms with Crippen LogP contribution in [0.3, 0.4) is 0 Å². The van der Waals surface area contributed by atoms with Crippen LogP contribution in [0, 0.1) is 0 Å². The molecule has 0 aromatic heterocycles. The molecule has 0 saturated heterocycles. The highest BCUT2D eigenvalue weighted by Gasteiger charge is 2.09. The number of halogens is 1. The first-order chi connectivity index (χ1) is 14.1. The van der Waals surface area contributed by atoms with Crippen LogP contribution in [0.25, 0.3) is 10.8 Å². The fourth-order valence-electron chi connectivity index (χ4n) is 3.02. The van der Waals surface area contributed by atoms with Gasteiger partial charge in [-0.1, -0.05) is 46.3 Å². The van der Waals surface area contributed by atoms with Crippen LogP contribution in [0.15, 0.2) is 64.2 Å². The molecule has 0 aliphatic heterocycles. The number of ether oxygens (including phenoxy) is 2. The maximum absolute atomic E-state index is 12.4. The van der Waals surface area contributed by atoms with Crippen LogP contribution in [-0.4, -0.2) is 25.3 Å². The Kier molecular flexibility index (Phi) is 7.25. The van der Waals surface area contributed by atoms with E-state index >= 15 is 0 Å². The van der Waals surface area contributed by atoms with Crippen molar-refractivity contribution in [3.63, 3.8) is 0 Å². The molecule has 0 spiro atoms. The highest BCUT2D eigenvalue weighted by Crippen LogP contribution is 2.28. The van der Waals surface area contributed by atoms with Crippen molar-refractivity contribution in [1.82, 2.24) is 5.43 Å². The predicted octanol–water partition coefficient (Wildman–Crippen LogP) is 5.09. The van der Waals surface area contributed by atoms with E-state index in [9.17, 15) is 4.79 Å². The van der Waals surface area contributed by atoms with E-state index in [1.54, 1.807) is 6.21 Å². The topological polar surface area (TPSA) is 59.9 Å². The quantitative estimate of drug-likeness (QED) is 0.380. The van der Waals surface area contributed by atoms with Gasteiger partial charge in [0.2, 0.25) is 5.91 Å². The van der Waals surface area contributed by atoms with Gasteiger partial charge < -0.3 is 9.47 Å². The number of hydrazone groups is 1. The molecular formula is C23H23BrN2O3. The SMILES string of the molecule is CCOc1ccc(C=NNC(=O)Cc2ccc(Br)c3ccccc23)cc1OCC. The monoisotopic (exact) mass is 454 g/mol. The second-order valence-electron chi connectivity index (χ2n) is 6.29. The molecular weight excluding hydrogens is 432 g/mol. The van der Waals surface area contributed by atoms with Crippen LogP contribution in [-0.2, 0) is 11.2 Å². The molecule has 3 rings (SSSR count). The van der Waals surface area contributed by atoms with Crippen LogP contribution in [0.4, 0.5) is 0 Å². The molecule has 0 fully saturated rings. The molecule has 3 aromatic rings. The van der Waals surface area contributed by atoms with E-state index in [1.165, 1.54) is 0 Å². The van der Waals surface area contributed by atoms with E-state index < -0.39 is 0 Å². The van der Waals surface area contributed by atoms with Crippen molar-refractivity contribution in [3.05, 3.63) is 70.2 Å². The van der Waals surface area contributed by atoms with Gasteiger partial charge in [-0.05, 0) is 60.0 Å². The molecule has 0 radical (unpaired) electrons. The van der Waals surface area contributed by atoms with Crippen LogP contribution < -0.4 is 14.9 Å². The van der Waals surface area contributed by atoms with Crippen LogP contribution in [0.1, 0.15) is 25.0 Å². The third-order valence-electron chi connectivity index (χ3n) is 4.28. The summed E-state index contributed by atoms with van der Waals surface area (Å²) in [5.41, 5.74) is 4.36. The molecule has 1 amide bonds. The summed E-state index contributed by atoms with van der Waals surface area (Å²) < 4.78 is 12.2. The van der Waals surface area contributed by atoms with Crippen molar-refractivity contribution in [1.29, 1.82) is 0 Å². The van der Waals surface area contributed by atoms with Gasteiger partial charge in [0.1, 0.15) is 0 Å². The lowest BCUT2D eigenvalue weighted by molar-refractivity contribution is -0.120. The molecule has 0 heterocycles. The molecule has 0 bridgehead atoms. The summed E-state index contributed by atoms with van der Waals surface area (Å²) in [6.07, 6.45) is 1.84. The number of hydrogen-bond donors (Lipinski definition) is 1. The molecule has 29 heavy (non-hydrogen) atoms. The number of amides is 1. The lowest BCUT2D eigenvalue weighted by atomic mass is 10.0. The second-order valence-corrected chi connectivity index (χ2v) is 7.15. The van der Waals surface area contributed by atoms with E-state index in [-0.39, 0.29) is 12.3 Å². The van der Waals surface area contributed by atoms with Gasteiger partial charge >= 0.3 is 0 Å². The Labute approximate surface area is 178 Å². The molecule has 0 saturated carbocycles. The molecule has 150 valence electrons. The number of carbonyl (C=O) groups excluding carboxylic acids is 1. The zero-order valence-corrected chi connectivity index (χ0v) is 18.0. The summed E-state index contributed by atoms with van der Waals surface area (Å²) in [7, 11) is 0. The number of nitrogens with one attached hydrogen (secondary N) is 1. The van der Waals surface area contributed by atoms with Crippen molar-refractivity contribution < 1.29 is 14.3 Å². The first kappa shape index (κ1) is 20.9. The number of benzene rings is 3. The normalized spacial score (nSPS) is 11.0. The summed E-state index contributed by atoms with van der Waals surface area (Å²) >= 11 is 3.55. The fraction of sp³-hybridized carbons (Fsp3) is 0.217.